The predicted molar refractivity (Wildman–Crippen MR) is 55.2 cm³/mol. The van der Waals surface area contributed by atoms with Gasteiger partial charge in [-0.05, 0) is 19.4 Å². The number of nitrogens with zero attached hydrogens (tertiary/aromatic N) is 1. The highest BCUT2D eigenvalue weighted by molar-refractivity contribution is 5.85. The van der Waals surface area contributed by atoms with Crippen molar-refractivity contribution in [1.29, 1.82) is 0 Å². The maximum Gasteiger partial charge on any atom is 0.239 e. The molecule has 2 N–H and O–H groups in total. The fourth-order valence-electron chi connectivity index (χ4n) is 2.10. The van der Waals surface area contributed by atoms with Crippen LogP contribution in [-0.4, -0.2) is 48.9 Å². The van der Waals surface area contributed by atoms with Crippen LogP contribution in [-0.2, 0) is 9.59 Å². The average molecular weight is 211 g/mol. The number of likely N-dealkylation sites (tertiary alicyclic amines) is 1. The van der Waals surface area contributed by atoms with E-state index in [1.165, 1.54) is 0 Å². The molecule has 15 heavy (non-hydrogen) atoms. The predicted octanol–water partition coefficient (Wildman–Crippen LogP) is -0.913. The van der Waals surface area contributed by atoms with E-state index in [2.05, 4.69) is 10.6 Å². The summed E-state index contributed by atoms with van der Waals surface area (Å²) >= 11 is 0. The van der Waals surface area contributed by atoms with Crippen LogP contribution in [0.25, 0.3) is 0 Å². The molecule has 2 rings (SSSR count). The summed E-state index contributed by atoms with van der Waals surface area (Å²) in [4.78, 5) is 24.5. The Kier molecular flexibility index (Phi) is 3.20. The van der Waals surface area contributed by atoms with Crippen LogP contribution in [0.1, 0.15) is 19.3 Å². The molecule has 0 bridgehead atoms. The highest BCUT2D eigenvalue weighted by Gasteiger charge is 2.24. The molecule has 0 aromatic carbocycles. The first-order valence-electron chi connectivity index (χ1n) is 5.53. The standard InChI is InChI=1S/C10H17N3O2/c14-9(12-8-3-4-11-6-8)7-13-5-1-2-10(13)15/h8,11H,1-7H2,(H,12,14)/t8-/m0/s1. The maximum atomic E-state index is 11.6. The lowest BCUT2D eigenvalue weighted by Gasteiger charge is -2.17. The molecule has 2 saturated heterocycles. The number of rotatable bonds is 3. The number of carbonyl (C=O) groups excluding carboxylic acids is 2. The summed E-state index contributed by atoms with van der Waals surface area (Å²) in [7, 11) is 0. The second-order valence-corrected chi connectivity index (χ2v) is 4.18. The molecule has 0 spiro atoms. The fourth-order valence-corrected chi connectivity index (χ4v) is 2.10. The lowest BCUT2D eigenvalue weighted by Crippen LogP contribution is -2.43. The van der Waals surface area contributed by atoms with Gasteiger partial charge in [0.25, 0.3) is 0 Å². The second kappa shape index (κ2) is 4.61. The highest BCUT2D eigenvalue weighted by Crippen LogP contribution is 2.08. The molecule has 2 aliphatic rings. The first-order chi connectivity index (χ1) is 7.25. The van der Waals surface area contributed by atoms with Crippen molar-refractivity contribution in [3.63, 3.8) is 0 Å². The van der Waals surface area contributed by atoms with Gasteiger partial charge in [-0.25, -0.2) is 0 Å². The summed E-state index contributed by atoms with van der Waals surface area (Å²) in [6, 6.07) is 0.246. The SMILES string of the molecule is O=C(CN1CCCC1=O)N[C@H]1CCNC1. The maximum absolute atomic E-state index is 11.6. The van der Waals surface area contributed by atoms with Crippen molar-refractivity contribution in [1.82, 2.24) is 15.5 Å². The van der Waals surface area contributed by atoms with E-state index in [1.807, 2.05) is 0 Å². The third-order valence-electron chi connectivity index (χ3n) is 2.93. The Morgan fingerprint density at radius 1 is 1.60 bits per heavy atom. The molecule has 0 unspecified atom stereocenters. The van der Waals surface area contributed by atoms with Gasteiger partial charge in [0.1, 0.15) is 0 Å². The van der Waals surface area contributed by atoms with E-state index in [1.54, 1.807) is 4.90 Å². The number of hydrogen-bond donors (Lipinski definition) is 2. The summed E-state index contributed by atoms with van der Waals surface area (Å²) in [6.45, 7) is 2.78. The summed E-state index contributed by atoms with van der Waals surface area (Å²) in [5.74, 6) is 0.0775. The van der Waals surface area contributed by atoms with E-state index >= 15 is 0 Å². The lowest BCUT2D eigenvalue weighted by molar-refractivity contribution is -0.133. The summed E-state index contributed by atoms with van der Waals surface area (Å²) in [5, 5.41) is 6.12. The number of carbonyl (C=O) groups is 2. The van der Waals surface area contributed by atoms with Crippen molar-refractivity contribution < 1.29 is 9.59 Å². The largest absolute Gasteiger partial charge is 0.351 e. The molecule has 2 aliphatic heterocycles. The van der Waals surface area contributed by atoms with Crippen molar-refractivity contribution in [3.8, 4) is 0 Å². The van der Waals surface area contributed by atoms with Crippen molar-refractivity contribution in [2.75, 3.05) is 26.2 Å². The minimum atomic E-state index is -0.0287. The van der Waals surface area contributed by atoms with Gasteiger partial charge in [-0.15, -0.1) is 0 Å². The van der Waals surface area contributed by atoms with Crippen molar-refractivity contribution in [3.05, 3.63) is 0 Å². The van der Waals surface area contributed by atoms with Gasteiger partial charge in [0.2, 0.25) is 11.8 Å². The Morgan fingerprint density at radius 3 is 3.07 bits per heavy atom. The Labute approximate surface area is 89.2 Å². The Morgan fingerprint density at radius 2 is 2.47 bits per heavy atom. The molecule has 2 heterocycles. The fraction of sp³-hybridized carbons (Fsp3) is 0.800. The summed E-state index contributed by atoms with van der Waals surface area (Å²) in [5.41, 5.74) is 0. The van der Waals surface area contributed by atoms with Gasteiger partial charge in [0.15, 0.2) is 0 Å². The Bertz CT molecular complexity index is 261. The van der Waals surface area contributed by atoms with Gasteiger partial charge in [-0.3, -0.25) is 9.59 Å². The molecule has 0 radical (unpaired) electrons. The molecule has 0 aliphatic carbocycles. The van der Waals surface area contributed by atoms with E-state index in [9.17, 15) is 9.59 Å². The average Bonchev–Trinajstić information content (AvgIpc) is 2.79. The van der Waals surface area contributed by atoms with Crippen LogP contribution in [0.5, 0.6) is 0 Å². The van der Waals surface area contributed by atoms with E-state index in [4.69, 9.17) is 0 Å². The zero-order valence-electron chi connectivity index (χ0n) is 8.79. The quantitative estimate of drug-likeness (QED) is 0.635. The van der Waals surface area contributed by atoms with Crippen LogP contribution in [0.3, 0.4) is 0 Å². The van der Waals surface area contributed by atoms with Crippen LogP contribution >= 0.6 is 0 Å². The van der Waals surface area contributed by atoms with Gasteiger partial charge in [0.05, 0.1) is 6.54 Å². The van der Waals surface area contributed by atoms with Crippen molar-refractivity contribution in [2.24, 2.45) is 0 Å². The molecular weight excluding hydrogens is 194 g/mol. The lowest BCUT2D eigenvalue weighted by atomic mass is 10.2. The molecule has 2 amide bonds. The summed E-state index contributed by atoms with van der Waals surface area (Å²) in [6.07, 6.45) is 2.47. The van der Waals surface area contributed by atoms with Gasteiger partial charge < -0.3 is 15.5 Å². The third-order valence-corrected chi connectivity index (χ3v) is 2.93. The molecule has 1 atom stereocenters. The molecule has 5 nitrogen and oxygen atoms in total. The van der Waals surface area contributed by atoms with E-state index in [-0.39, 0.29) is 24.4 Å². The van der Waals surface area contributed by atoms with Crippen LogP contribution in [0.2, 0.25) is 0 Å². The molecule has 0 aromatic rings. The van der Waals surface area contributed by atoms with Gasteiger partial charge in [0, 0.05) is 25.6 Å². The second-order valence-electron chi connectivity index (χ2n) is 4.18. The van der Waals surface area contributed by atoms with Crippen LogP contribution in [0.4, 0.5) is 0 Å². The monoisotopic (exact) mass is 211 g/mol. The van der Waals surface area contributed by atoms with Gasteiger partial charge >= 0.3 is 0 Å². The molecule has 84 valence electrons. The van der Waals surface area contributed by atoms with E-state index in [0.717, 1.165) is 32.5 Å². The van der Waals surface area contributed by atoms with Crippen LogP contribution in [0.15, 0.2) is 0 Å². The number of hydrogen-bond acceptors (Lipinski definition) is 3. The molecule has 5 heteroatoms. The number of amides is 2. The van der Waals surface area contributed by atoms with E-state index in [0.29, 0.717) is 6.42 Å². The third kappa shape index (κ3) is 2.68. The van der Waals surface area contributed by atoms with Crippen molar-refractivity contribution in [2.45, 2.75) is 25.3 Å². The first kappa shape index (κ1) is 10.4. The van der Waals surface area contributed by atoms with Gasteiger partial charge in [-0.2, -0.15) is 0 Å². The van der Waals surface area contributed by atoms with Gasteiger partial charge in [-0.1, -0.05) is 0 Å². The Hall–Kier alpha value is -1.10. The van der Waals surface area contributed by atoms with E-state index < -0.39 is 0 Å². The Balaban J connectivity index is 1.74. The molecular formula is C10H17N3O2. The topological polar surface area (TPSA) is 61.4 Å². The van der Waals surface area contributed by atoms with Crippen LogP contribution < -0.4 is 10.6 Å². The minimum Gasteiger partial charge on any atom is -0.351 e. The highest BCUT2D eigenvalue weighted by atomic mass is 16.2. The molecule has 0 aromatic heterocycles. The zero-order chi connectivity index (χ0) is 10.7. The minimum absolute atomic E-state index is 0.0287. The molecule has 0 saturated carbocycles. The summed E-state index contributed by atoms with van der Waals surface area (Å²) < 4.78 is 0. The smallest absolute Gasteiger partial charge is 0.239 e. The molecule has 2 fully saturated rings. The number of nitrogens with one attached hydrogen (secondary N) is 2. The zero-order valence-corrected chi connectivity index (χ0v) is 8.79. The van der Waals surface area contributed by atoms with Crippen LogP contribution in [0, 0.1) is 0 Å². The first-order valence-corrected chi connectivity index (χ1v) is 5.53. The van der Waals surface area contributed by atoms with Crippen molar-refractivity contribution >= 4 is 11.8 Å². The normalized spacial score (nSPS) is 26.0.